The molecular weight excluding hydrogens is 220 g/mol. The van der Waals surface area contributed by atoms with Crippen molar-refractivity contribution in [2.24, 2.45) is 0 Å². The van der Waals surface area contributed by atoms with E-state index in [0.29, 0.717) is 25.8 Å². The van der Waals surface area contributed by atoms with Crippen molar-refractivity contribution in [1.82, 2.24) is 4.57 Å². The molecule has 3 rings (SSSR count). The molecule has 5 heteroatoms. The van der Waals surface area contributed by atoms with Crippen molar-refractivity contribution in [3.8, 4) is 0 Å². The van der Waals surface area contributed by atoms with E-state index in [9.17, 15) is 9.59 Å². The Morgan fingerprint density at radius 1 is 1.29 bits per heavy atom. The lowest BCUT2D eigenvalue weighted by Gasteiger charge is -2.23. The maximum atomic E-state index is 11.9. The molecule has 2 aliphatic rings. The van der Waals surface area contributed by atoms with Crippen LogP contribution in [0.5, 0.6) is 0 Å². The third-order valence-electron chi connectivity index (χ3n) is 3.57. The number of carbonyl (C=O) groups excluding carboxylic acids is 1. The fourth-order valence-electron chi connectivity index (χ4n) is 2.78. The number of anilines is 1. The lowest BCUT2D eigenvalue weighted by Crippen LogP contribution is -2.33. The van der Waals surface area contributed by atoms with Crippen molar-refractivity contribution >= 4 is 11.7 Å². The van der Waals surface area contributed by atoms with Crippen LogP contribution < -0.4 is 10.5 Å². The average Bonchev–Trinajstić information content (AvgIpc) is 2.69. The third-order valence-corrected chi connectivity index (χ3v) is 3.57. The smallest absolute Gasteiger partial charge is 0.252 e. The van der Waals surface area contributed by atoms with Crippen LogP contribution in [0, 0.1) is 0 Å². The molecule has 0 spiro atoms. The number of aromatic nitrogens is 1. The van der Waals surface area contributed by atoms with E-state index < -0.39 is 0 Å². The lowest BCUT2D eigenvalue weighted by molar-refractivity contribution is -0.118. The first-order valence-corrected chi connectivity index (χ1v) is 5.88. The van der Waals surface area contributed by atoms with Gasteiger partial charge >= 0.3 is 0 Å². The normalized spacial score (nSPS) is 21.8. The van der Waals surface area contributed by atoms with E-state index in [1.807, 2.05) is 6.07 Å². The third kappa shape index (κ3) is 1.42. The Balaban J connectivity index is 2.18. The highest BCUT2D eigenvalue weighted by Crippen LogP contribution is 2.35. The summed E-state index contributed by atoms with van der Waals surface area (Å²) >= 11 is 0. The van der Waals surface area contributed by atoms with Crippen molar-refractivity contribution in [3.05, 3.63) is 28.0 Å². The Kier molecular flexibility index (Phi) is 2.29. The van der Waals surface area contributed by atoms with Gasteiger partial charge in [0.25, 0.3) is 5.56 Å². The number of aryl methyl sites for hydroxylation is 1. The molecule has 0 bridgehead atoms. The van der Waals surface area contributed by atoms with Crippen molar-refractivity contribution in [2.75, 3.05) is 18.1 Å². The van der Waals surface area contributed by atoms with Crippen LogP contribution in [0.15, 0.2) is 16.9 Å². The Labute approximate surface area is 98.3 Å². The van der Waals surface area contributed by atoms with Crippen LogP contribution in [0.4, 0.5) is 5.82 Å². The van der Waals surface area contributed by atoms with Gasteiger partial charge in [0.15, 0.2) is 0 Å². The van der Waals surface area contributed by atoms with Gasteiger partial charge in [-0.05, 0) is 24.5 Å². The van der Waals surface area contributed by atoms with E-state index in [2.05, 4.69) is 0 Å². The largest absolute Gasteiger partial charge is 0.396 e. The molecule has 1 atom stereocenters. The number of aliphatic hydroxyl groups is 1. The SMILES string of the molecule is O=C1CCc2ccc(=O)n3c2N1C[C@H]3CCO. The van der Waals surface area contributed by atoms with Gasteiger partial charge in [0.05, 0.1) is 6.04 Å². The van der Waals surface area contributed by atoms with E-state index >= 15 is 0 Å². The van der Waals surface area contributed by atoms with E-state index in [4.69, 9.17) is 5.11 Å². The molecule has 3 heterocycles. The van der Waals surface area contributed by atoms with Crippen molar-refractivity contribution in [3.63, 3.8) is 0 Å². The van der Waals surface area contributed by atoms with Crippen molar-refractivity contribution in [2.45, 2.75) is 25.3 Å². The minimum atomic E-state index is -0.0839. The van der Waals surface area contributed by atoms with Crippen LogP contribution in [-0.4, -0.2) is 28.7 Å². The van der Waals surface area contributed by atoms with Crippen molar-refractivity contribution in [1.29, 1.82) is 0 Å². The molecule has 0 radical (unpaired) electrons. The van der Waals surface area contributed by atoms with E-state index in [1.54, 1.807) is 15.5 Å². The second-order valence-corrected chi connectivity index (χ2v) is 4.56. The maximum absolute atomic E-state index is 11.9. The summed E-state index contributed by atoms with van der Waals surface area (Å²) in [5.41, 5.74) is 0.976. The number of amides is 1. The Morgan fingerprint density at radius 2 is 2.12 bits per heavy atom. The molecule has 0 aliphatic carbocycles. The molecule has 5 nitrogen and oxygen atoms in total. The summed E-state index contributed by atoms with van der Waals surface area (Å²) in [4.78, 5) is 25.4. The number of nitrogens with zero attached hydrogens (tertiary/aromatic N) is 2. The predicted molar refractivity (Wildman–Crippen MR) is 62.1 cm³/mol. The number of hydrogen-bond acceptors (Lipinski definition) is 3. The first-order chi connectivity index (χ1) is 8.22. The Hall–Kier alpha value is -1.62. The quantitative estimate of drug-likeness (QED) is 0.787. The molecule has 1 N–H and O–H groups in total. The second kappa shape index (κ2) is 3.70. The van der Waals surface area contributed by atoms with Gasteiger partial charge in [-0.3, -0.25) is 19.1 Å². The molecule has 90 valence electrons. The number of pyridine rings is 1. The molecule has 2 aliphatic heterocycles. The molecule has 0 saturated heterocycles. The summed E-state index contributed by atoms with van der Waals surface area (Å²) in [6, 6.07) is 3.29. The molecule has 1 aromatic rings. The molecule has 17 heavy (non-hydrogen) atoms. The van der Waals surface area contributed by atoms with Gasteiger partial charge in [-0.1, -0.05) is 0 Å². The van der Waals surface area contributed by atoms with Gasteiger partial charge in [-0.25, -0.2) is 0 Å². The molecular formula is C12H14N2O3. The monoisotopic (exact) mass is 234 g/mol. The van der Waals surface area contributed by atoms with Gasteiger partial charge < -0.3 is 5.11 Å². The van der Waals surface area contributed by atoms with Crippen LogP contribution in [0.2, 0.25) is 0 Å². The van der Waals surface area contributed by atoms with E-state index in [0.717, 1.165) is 11.4 Å². The van der Waals surface area contributed by atoms with E-state index in [1.165, 1.54) is 0 Å². The number of aliphatic hydroxyl groups excluding tert-OH is 1. The number of hydrogen-bond donors (Lipinski definition) is 1. The minimum Gasteiger partial charge on any atom is -0.396 e. The zero-order valence-corrected chi connectivity index (χ0v) is 9.43. The highest BCUT2D eigenvalue weighted by molar-refractivity contribution is 5.96. The summed E-state index contributed by atoms with van der Waals surface area (Å²) in [7, 11) is 0. The molecule has 1 aromatic heterocycles. The van der Waals surface area contributed by atoms with Crippen LogP contribution in [-0.2, 0) is 11.2 Å². The van der Waals surface area contributed by atoms with Crippen molar-refractivity contribution < 1.29 is 9.90 Å². The van der Waals surface area contributed by atoms with Gasteiger partial charge in [0.1, 0.15) is 5.82 Å². The highest BCUT2D eigenvalue weighted by Gasteiger charge is 2.36. The van der Waals surface area contributed by atoms with Crippen LogP contribution in [0.25, 0.3) is 0 Å². The lowest BCUT2D eigenvalue weighted by atomic mass is 10.1. The standard InChI is InChI=1S/C12H14N2O3/c15-6-5-9-7-13-10(16)3-1-8-2-4-11(17)14(9)12(8)13/h2,4,9,15H,1,3,5-7H2/t9-/m1/s1. The molecule has 0 fully saturated rings. The first kappa shape index (κ1) is 10.5. The first-order valence-electron chi connectivity index (χ1n) is 5.88. The van der Waals surface area contributed by atoms with Gasteiger partial charge in [0, 0.05) is 25.6 Å². The van der Waals surface area contributed by atoms with Gasteiger partial charge in [-0.15, -0.1) is 0 Å². The Bertz CT molecular complexity index is 535. The summed E-state index contributed by atoms with van der Waals surface area (Å²) in [6.07, 6.45) is 1.73. The average molecular weight is 234 g/mol. The predicted octanol–water partition coefficient (Wildman–Crippen LogP) is 0.0646. The number of carbonyl (C=O) groups is 1. The highest BCUT2D eigenvalue weighted by atomic mass is 16.3. The fraction of sp³-hybridized carbons (Fsp3) is 0.500. The van der Waals surface area contributed by atoms with Crippen LogP contribution in [0.1, 0.15) is 24.4 Å². The molecule has 0 unspecified atom stereocenters. The molecule has 0 saturated carbocycles. The molecule has 1 amide bonds. The topological polar surface area (TPSA) is 62.5 Å². The molecule has 0 aromatic carbocycles. The fourth-order valence-corrected chi connectivity index (χ4v) is 2.78. The maximum Gasteiger partial charge on any atom is 0.252 e. The second-order valence-electron chi connectivity index (χ2n) is 4.56. The Morgan fingerprint density at radius 3 is 2.88 bits per heavy atom. The minimum absolute atomic E-state index is 0.0306. The van der Waals surface area contributed by atoms with Gasteiger partial charge in [0.2, 0.25) is 5.91 Å². The zero-order chi connectivity index (χ0) is 12.0. The summed E-state index contributed by atoms with van der Waals surface area (Å²) in [6.45, 7) is 0.550. The van der Waals surface area contributed by atoms with E-state index in [-0.39, 0.29) is 24.1 Å². The zero-order valence-electron chi connectivity index (χ0n) is 9.43. The van der Waals surface area contributed by atoms with Crippen LogP contribution in [0.3, 0.4) is 0 Å². The van der Waals surface area contributed by atoms with Gasteiger partial charge in [-0.2, -0.15) is 0 Å². The number of rotatable bonds is 2. The summed E-state index contributed by atoms with van der Waals surface area (Å²) in [5.74, 6) is 0.837. The summed E-state index contributed by atoms with van der Waals surface area (Å²) < 4.78 is 1.67. The summed E-state index contributed by atoms with van der Waals surface area (Å²) in [5, 5.41) is 9.03. The van der Waals surface area contributed by atoms with Crippen LogP contribution >= 0.6 is 0 Å².